The summed E-state index contributed by atoms with van der Waals surface area (Å²) in [6.45, 7) is 4.10. The highest BCUT2D eigenvalue weighted by molar-refractivity contribution is 7.90. The van der Waals surface area contributed by atoms with Gasteiger partial charge in [-0.3, -0.25) is 0 Å². The molecule has 0 aliphatic carbocycles. The number of hydrogen-bond acceptors (Lipinski definition) is 3. The van der Waals surface area contributed by atoms with E-state index >= 15 is 0 Å². The molecule has 7 heteroatoms. The summed E-state index contributed by atoms with van der Waals surface area (Å²) in [7, 11) is -3.89. The Bertz CT molecular complexity index is 1350. The second-order valence-electron chi connectivity index (χ2n) is 7.18. The lowest BCUT2D eigenvalue weighted by atomic mass is 10.0. The third-order valence-corrected chi connectivity index (χ3v) is 7.26. The van der Waals surface area contributed by atoms with Gasteiger partial charge in [0.1, 0.15) is 0 Å². The van der Waals surface area contributed by atoms with Crippen LogP contribution in [0.5, 0.6) is 0 Å². The highest BCUT2D eigenvalue weighted by Crippen LogP contribution is 2.36. The molecule has 1 heterocycles. The Balaban J connectivity index is 1.96. The molecule has 0 saturated heterocycles. The molecule has 4 aromatic rings. The average molecular weight is 483 g/mol. The van der Waals surface area contributed by atoms with Crippen LogP contribution in [0.4, 0.5) is 0 Å². The van der Waals surface area contributed by atoms with Gasteiger partial charge in [-0.2, -0.15) is 0 Å². The minimum absolute atomic E-state index is 0.0499. The molecule has 3 aromatic carbocycles. The van der Waals surface area contributed by atoms with Crippen LogP contribution in [0.25, 0.3) is 22.5 Å². The summed E-state index contributed by atoms with van der Waals surface area (Å²) in [5.41, 5.74) is 3.33. The summed E-state index contributed by atoms with van der Waals surface area (Å²) in [6.07, 6.45) is 1.66. The second-order valence-corrected chi connectivity index (χ2v) is 9.88. The number of benzene rings is 3. The van der Waals surface area contributed by atoms with Gasteiger partial charge in [0.2, 0.25) is 15.0 Å². The van der Waals surface area contributed by atoms with Crippen LogP contribution in [0.3, 0.4) is 0 Å². The van der Waals surface area contributed by atoms with Crippen molar-refractivity contribution in [3.8, 4) is 22.5 Å². The molecule has 0 N–H and O–H groups in total. The molecule has 162 valence electrons. The number of nitrogens with zero attached hydrogens (tertiary/aromatic N) is 2. The fourth-order valence-corrected chi connectivity index (χ4v) is 5.82. The van der Waals surface area contributed by atoms with Crippen LogP contribution in [-0.4, -0.2) is 18.0 Å². The molecular weight excluding hydrogens is 463 g/mol. The number of rotatable bonds is 7. The van der Waals surface area contributed by atoms with Gasteiger partial charge in [0, 0.05) is 33.3 Å². The minimum Gasteiger partial charge on any atom is -0.310 e. The molecular formula is C25H20Cl2N2O2S. The third-order valence-electron chi connectivity index (χ3n) is 5.01. The summed E-state index contributed by atoms with van der Waals surface area (Å²) in [5.74, 6) is -0.359. The first-order valence-electron chi connectivity index (χ1n) is 9.90. The topological polar surface area (TPSA) is 52.0 Å². The third kappa shape index (κ3) is 4.37. The Hall–Kier alpha value is -2.86. The highest BCUT2D eigenvalue weighted by Gasteiger charge is 2.29. The van der Waals surface area contributed by atoms with Gasteiger partial charge in [0.05, 0.1) is 17.1 Å². The van der Waals surface area contributed by atoms with E-state index in [1.165, 1.54) is 0 Å². The largest absolute Gasteiger partial charge is 0.310 e. The van der Waals surface area contributed by atoms with Gasteiger partial charge in [-0.05, 0) is 12.1 Å². The second kappa shape index (κ2) is 9.33. The Morgan fingerprint density at radius 2 is 1.41 bits per heavy atom. The van der Waals surface area contributed by atoms with Gasteiger partial charge >= 0.3 is 0 Å². The number of hydrogen-bond donors (Lipinski definition) is 0. The van der Waals surface area contributed by atoms with E-state index in [0.29, 0.717) is 27.0 Å². The molecule has 0 bridgehead atoms. The van der Waals surface area contributed by atoms with E-state index in [-0.39, 0.29) is 17.5 Å². The zero-order valence-electron chi connectivity index (χ0n) is 17.1. The molecule has 0 radical (unpaired) electrons. The van der Waals surface area contributed by atoms with E-state index in [2.05, 4.69) is 11.6 Å². The SMILES string of the molecule is C=CCn1c(S(=O)(=O)Cc2c(Cl)cccc2Cl)nc(-c2ccccc2)c1-c1ccccc1. The molecule has 0 aliphatic heterocycles. The van der Waals surface area contributed by atoms with Crippen molar-refractivity contribution in [1.82, 2.24) is 9.55 Å². The van der Waals surface area contributed by atoms with Crippen LogP contribution in [-0.2, 0) is 22.1 Å². The maximum Gasteiger partial charge on any atom is 0.229 e. The van der Waals surface area contributed by atoms with E-state index < -0.39 is 9.84 Å². The Kier molecular flexibility index (Phi) is 6.51. The van der Waals surface area contributed by atoms with E-state index in [1.807, 2.05) is 60.7 Å². The smallest absolute Gasteiger partial charge is 0.229 e. The fourth-order valence-electron chi connectivity index (χ4n) is 3.58. The lowest BCUT2D eigenvalue weighted by Crippen LogP contribution is -2.14. The monoisotopic (exact) mass is 482 g/mol. The first-order valence-corrected chi connectivity index (χ1v) is 12.3. The summed E-state index contributed by atoms with van der Waals surface area (Å²) in [4.78, 5) is 4.64. The quantitative estimate of drug-likeness (QED) is 0.276. The zero-order valence-corrected chi connectivity index (χ0v) is 19.4. The van der Waals surface area contributed by atoms with Crippen LogP contribution < -0.4 is 0 Å². The van der Waals surface area contributed by atoms with E-state index in [1.54, 1.807) is 28.8 Å². The molecule has 32 heavy (non-hydrogen) atoms. The van der Waals surface area contributed by atoms with Crippen LogP contribution >= 0.6 is 23.2 Å². The fraction of sp³-hybridized carbons (Fsp3) is 0.0800. The molecule has 0 unspecified atom stereocenters. The number of imidazole rings is 1. The standard InChI is InChI=1S/C25H20Cl2N2O2S/c1-2-16-29-24(19-12-7-4-8-13-19)23(18-10-5-3-6-11-18)28-25(29)32(30,31)17-20-21(26)14-9-15-22(20)27/h2-15H,1,16-17H2. The molecule has 0 amide bonds. The van der Waals surface area contributed by atoms with Crippen molar-refractivity contribution in [1.29, 1.82) is 0 Å². The molecule has 4 rings (SSSR count). The predicted molar refractivity (Wildman–Crippen MR) is 131 cm³/mol. The first-order chi connectivity index (χ1) is 15.4. The van der Waals surface area contributed by atoms with Gasteiger partial charge in [0.15, 0.2) is 0 Å². The van der Waals surface area contributed by atoms with Gasteiger partial charge in [0.25, 0.3) is 0 Å². The van der Waals surface area contributed by atoms with Crippen molar-refractivity contribution in [3.05, 3.63) is 107 Å². The highest BCUT2D eigenvalue weighted by atomic mass is 35.5. The van der Waals surface area contributed by atoms with E-state index in [0.717, 1.165) is 11.1 Å². The number of allylic oxidation sites excluding steroid dienone is 1. The zero-order chi connectivity index (χ0) is 22.7. The van der Waals surface area contributed by atoms with Crippen LogP contribution in [0.1, 0.15) is 5.56 Å². The normalized spacial score (nSPS) is 11.4. The van der Waals surface area contributed by atoms with Crippen LogP contribution in [0.2, 0.25) is 10.0 Å². The van der Waals surface area contributed by atoms with Crippen molar-refractivity contribution >= 4 is 33.0 Å². The van der Waals surface area contributed by atoms with E-state index in [4.69, 9.17) is 23.2 Å². The van der Waals surface area contributed by atoms with Crippen molar-refractivity contribution in [2.45, 2.75) is 17.5 Å². The number of aromatic nitrogens is 2. The van der Waals surface area contributed by atoms with Gasteiger partial charge in [-0.1, -0.05) is 96.0 Å². The lowest BCUT2D eigenvalue weighted by molar-refractivity contribution is 0.574. The summed E-state index contributed by atoms with van der Waals surface area (Å²) >= 11 is 12.5. The van der Waals surface area contributed by atoms with Crippen molar-refractivity contribution in [3.63, 3.8) is 0 Å². The molecule has 0 fully saturated rings. The average Bonchev–Trinajstić information content (AvgIpc) is 3.18. The number of sulfone groups is 1. The van der Waals surface area contributed by atoms with Crippen LogP contribution in [0.15, 0.2) is 96.7 Å². The van der Waals surface area contributed by atoms with Crippen LogP contribution in [0, 0.1) is 0 Å². The van der Waals surface area contributed by atoms with Crippen molar-refractivity contribution in [2.24, 2.45) is 0 Å². The Morgan fingerprint density at radius 1 is 0.844 bits per heavy atom. The number of halogens is 2. The molecule has 0 spiro atoms. The summed E-state index contributed by atoms with van der Waals surface area (Å²) in [6, 6.07) is 24.1. The van der Waals surface area contributed by atoms with E-state index in [9.17, 15) is 8.42 Å². The molecule has 0 saturated carbocycles. The van der Waals surface area contributed by atoms with Gasteiger partial charge in [-0.25, -0.2) is 13.4 Å². The summed E-state index contributed by atoms with van der Waals surface area (Å²) in [5, 5.41) is 0.551. The minimum atomic E-state index is -3.89. The molecule has 0 aliphatic rings. The molecule has 1 aromatic heterocycles. The molecule has 0 atom stereocenters. The summed E-state index contributed by atoms with van der Waals surface area (Å²) < 4.78 is 28.9. The maximum absolute atomic E-state index is 13.6. The Labute approximate surface area is 197 Å². The molecule has 4 nitrogen and oxygen atoms in total. The Morgan fingerprint density at radius 3 is 1.97 bits per heavy atom. The maximum atomic E-state index is 13.6. The van der Waals surface area contributed by atoms with Crippen molar-refractivity contribution < 1.29 is 8.42 Å². The first kappa shape index (κ1) is 22.3. The van der Waals surface area contributed by atoms with Gasteiger partial charge < -0.3 is 4.57 Å². The van der Waals surface area contributed by atoms with Crippen molar-refractivity contribution in [2.75, 3.05) is 0 Å². The van der Waals surface area contributed by atoms with Gasteiger partial charge in [-0.15, -0.1) is 6.58 Å². The predicted octanol–water partition coefficient (Wildman–Crippen LogP) is 6.68. The lowest BCUT2D eigenvalue weighted by Gasteiger charge is -2.12.